The van der Waals surface area contributed by atoms with Gasteiger partial charge in [0.05, 0.1) is 16.7 Å². The first kappa shape index (κ1) is 10.8. The summed E-state index contributed by atoms with van der Waals surface area (Å²) in [7, 11) is 2.25. The average Bonchev–Trinajstić information content (AvgIpc) is 2.61. The Balaban J connectivity index is 1.65. The van der Waals surface area contributed by atoms with Gasteiger partial charge in [-0.05, 0) is 60.6 Å². The molecule has 2 aliphatic rings. The van der Waals surface area contributed by atoms with Crippen molar-refractivity contribution < 1.29 is 0 Å². The minimum absolute atomic E-state index is 0.607. The highest BCUT2D eigenvalue weighted by atomic mass is 79.9. The molecular formula is C12H18BrN3. The number of piperidine rings is 1. The van der Waals surface area contributed by atoms with Crippen LogP contribution in [0.4, 0.5) is 0 Å². The molecule has 0 N–H and O–H groups in total. The molecule has 16 heavy (non-hydrogen) atoms. The van der Waals surface area contributed by atoms with E-state index in [9.17, 15) is 0 Å². The zero-order valence-electron chi connectivity index (χ0n) is 9.69. The second-order valence-corrected chi connectivity index (χ2v) is 6.46. The van der Waals surface area contributed by atoms with Crippen LogP contribution in [0.2, 0.25) is 0 Å². The first-order valence-corrected chi connectivity index (χ1v) is 6.84. The number of hydrogen-bond acceptors (Lipinski definition) is 2. The second-order valence-electron chi connectivity index (χ2n) is 5.54. The molecular weight excluding hydrogens is 266 g/mol. The standard InChI is InChI=1S/C12H18BrN3/c1-15-4-2-3-12(9-15)5-11(6-12)16-8-10(13)7-14-16/h7-8,11H,2-6,9H2,1H3. The summed E-state index contributed by atoms with van der Waals surface area (Å²) in [4.78, 5) is 2.48. The molecule has 3 rings (SSSR count). The maximum absolute atomic E-state index is 4.39. The van der Waals surface area contributed by atoms with Gasteiger partial charge in [0.15, 0.2) is 0 Å². The van der Waals surface area contributed by atoms with E-state index in [2.05, 4.69) is 43.9 Å². The van der Waals surface area contributed by atoms with E-state index < -0.39 is 0 Å². The van der Waals surface area contributed by atoms with Crippen LogP contribution in [-0.2, 0) is 0 Å². The highest BCUT2D eigenvalue weighted by Crippen LogP contribution is 2.53. The van der Waals surface area contributed by atoms with Crippen molar-refractivity contribution in [2.24, 2.45) is 5.41 Å². The third-order valence-electron chi connectivity index (χ3n) is 4.13. The van der Waals surface area contributed by atoms with E-state index in [1.807, 2.05) is 6.20 Å². The fourth-order valence-electron chi connectivity index (χ4n) is 3.43. The van der Waals surface area contributed by atoms with E-state index >= 15 is 0 Å². The molecule has 0 bridgehead atoms. The van der Waals surface area contributed by atoms with Gasteiger partial charge >= 0.3 is 0 Å². The predicted molar refractivity (Wildman–Crippen MR) is 67.4 cm³/mol. The van der Waals surface area contributed by atoms with Crippen LogP contribution in [0.1, 0.15) is 31.7 Å². The lowest BCUT2D eigenvalue weighted by molar-refractivity contribution is -0.0129. The summed E-state index contributed by atoms with van der Waals surface area (Å²) in [5.74, 6) is 0. The molecule has 2 fully saturated rings. The van der Waals surface area contributed by atoms with Gasteiger partial charge in [-0.1, -0.05) is 0 Å². The third-order valence-corrected chi connectivity index (χ3v) is 4.54. The molecule has 1 aromatic heterocycles. The van der Waals surface area contributed by atoms with Crippen LogP contribution in [0.3, 0.4) is 0 Å². The maximum atomic E-state index is 4.39. The van der Waals surface area contributed by atoms with Gasteiger partial charge in [0.25, 0.3) is 0 Å². The highest BCUT2D eigenvalue weighted by Gasteiger charge is 2.46. The van der Waals surface area contributed by atoms with Crippen LogP contribution in [0.15, 0.2) is 16.9 Å². The molecule has 0 atom stereocenters. The van der Waals surface area contributed by atoms with Crippen molar-refractivity contribution in [2.75, 3.05) is 20.1 Å². The Kier molecular flexibility index (Phi) is 2.59. The monoisotopic (exact) mass is 283 g/mol. The van der Waals surface area contributed by atoms with Crippen molar-refractivity contribution in [3.05, 3.63) is 16.9 Å². The number of aromatic nitrogens is 2. The lowest BCUT2D eigenvalue weighted by atomic mass is 9.61. The second kappa shape index (κ2) is 3.84. The number of likely N-dealkylation sites (tertiary alicyclic amines) is 1. The van der Waals surface area contributed by atoms with Crippen LogP contribution in [0.5, 0.6) is 0 Å². The first-order valence-electron chi connectivity index (χ1n) is 6.05. The largest absolute Gasteiger partial charge is 0.306 e. The predicted octanol–water partition coefficient (Wildman–Crippen LogP) is 2.69. The van der Waals surface area contributed by atoms with Crippen molar-refractivity contribution in [1.82, 2.24) is 14.7 Å². The molecule has 2 heterocycles. The normalized spacial score (nSPS) is 35.2. The zero-order valence-corrected chi connectivity index (χ0v) is 11.3. The number of rotatable bonds is 1. The van der Waals surface area contributed by atoms with Crippen LogP contribution in [-0.4, -0.2) is 34.8 Å². The molecule has 0 radical (unpaired) electrons. The molecule has 0 amide bonds. The minimum atomic E-state index is 0.607. The van der Waals surface area contributed by atoms with Gasteiger partial charge in [-0.3, -0.25) is 4.68 Å². The number of hydrogen-bond donors (Lipinski definition) is 0. The minimum Gasteiger partial charge on any atom is -0.306 e. The Labute approximate surface area is 105 Å². The summed E-state index contributed by atoms with van der Waals surface area (Å²) in [6.45, 7) is 2.56. The average molecular weight is 284 g/mol. The van der Waals surface area contributed by atoms with Gasteiger partial charge in [0, 0.05) is 12.7 Å². The molecule has 1 aromatic rings. The van der Waals surface area contributed by atoms with E-state index in [1.54, 1.807) is 0 Å². The Morgan fingerprint density at radius 1 is 1.50 bits per heavy atom. The summed E-state index contributed by atoms with van der Waals surface area (Å²) < 4.78 is 3.22. The summed E-state index contributed by atoms with van der Waals surface area (Å²) in [6, 6.07) is 0.637. The molecule has 1 saturated carbocycles. The maximum Gasteiger partial charge on any atom is 0.0632 e. The van der Waals surface area contributed by atoms with Gasteiger partial charge < -0.3 is 4.90 Å². The van der Waals surface area contributed by atoms with Gasteiger partial charge in [0.1, 0.15) is 0 Å². The summed E-state index contributed by atoms with van der Waals surface area (Å²) >= 11 is 3.46. The van der Waals surface area contributed by atoms with Gasteiger partial charge in [-0.2, -0.15) is 5.10 Å². The van der Waals surface area contributed by atoms with Crippen molar-refractivity contribution in [1.29, 1.82) is 0 Å². The molecule has 3 nitrogen and oxygen atoms in total. The third kappa shape index (κ3) is 1.82. The van der Waals surface area contributed by atoms with Gasteiger partial charge in [-0.25, -0.2) is 0 Å². The fraction of sp³-hybridized carbons (Fsp3) is 0.750. The van der Waals surface area contributed by atoms with Crippen molar-refractivity contribution in [3.8, 4) is 0 Å². The summed E-state index contributed by atoms with van der Waals surface area (Å²) in [5.41, 5.74) is 0.607. The van der Waals surface area contributed by atoms with Gasteiger partial charge in [-0.15, -0.1) is 0 Å². The highest BCUT2D eigenvalue weighted by molar-refractivity contribution is 9.10. The van der Waals surface area contributed by atoms with Crippen LogP contribution in [0, 0.1) is 5.41 Å². The van der Waals surface area contributed by atoms with E-state index in [-0.39, 0.29) is 0 Å². The van der Waals surface area contributed by atoms with Crippen LogP contribution in [0.25, 0.3) is 0 Å². The van der Waals surface area contributed by atoms with Gasteiger partial charge in [0.2, 0.25) is 0 Å². The van der Waals surface area contributed by atoms with Crippen LogP contribution < -0.4 is 0 Å². The van der Waals surface area contributed by atoms with Crippen molar-refractivity contribution in [2.45, 2.75) is 31.7 Å². The smallest absolute Gasteiger partial charge is 0.0632 e. The molecule has 1 aliphatic heterocycles. The summed E-state index contributed by atoms with van der Waals surface area (Å²) in [5, 5.41) is 4.39. The quantitative estimate of drug-likeness (QED) is 0.790. The van der Waals surface area contributed by atoms with E-state index in [0.717, 1.165) is 4.47 Å². The molecule has 88 valence electrons. The molecule has 1 saturated heterocycles. The molecule has 4 heteroatoms. The lowest BCUT2D eigenvalue weighted by Gasteiger charge is -2.52. The zero-order chi connectivity index (χ0) is 11.2. The molecule has 0 aromatic carbocycles. The lowest BCUT2D eigenvalue weighted by Crippen LogP contribution is -2.49. The number of halogens is 1. The fourth-order valence-corrected chi connectivity index (χ4v) is 3.73. The molecule has 1 aliphatic carbocycles. The Morgan fingerprint density at radius 2 is 2.31 bits per heavy atom. The topological polar surface area (TPSA) is 21.1 Å². The van der Waals surface area contributed by atoms with E-state index in [0.29, 0.717) is 11.5 Å². The Morgan fingerprint density at radius 3 is 2.94 bits per heavy atom. The van der Waals surface area contributed by atoms with Crippen molar-refractivity contribution in [3.63, 3.8) is 0 Å². The van der Waals surface area contributed by atoms with E-state index in [1.165, 1.54) is 38.8 Å². The molecule has 0 unspecified atom stereocenters. The first-order chi connectivity index (χ1) is 7.67. The molecule has 1 spiro atoms. The van der Waals surface area contributed by atoms with Crippen LogP contribution >= 0.6 is 15.9 Å². The number of nitrogens with zero attached hydrogens (tertiary/aromatic N) is 3. The van der Waals surface area contributed by atoms with Crippen molar-refractivity contribution >= 4 is 15.9 Å². The summed E-state index contributed by atoms with van der Waals surface area (Å²) in [6.07, 6.45) is 9.39. The Hall–Kier alpha value is -0.350. The Bertz CT molecular complexity index is 381. The van der Waals surface area contributed by atoms with E-state index in [4.69, 9.17) is 0 Å². The SMILES string of the molecule is CN1CCCC2(CC(n3cc(Br)cn3)C2)C1.